The van der Waals surface area contributed by atoms with E-state index in [0.717, 1.165) is 10.8 Å². The van der Waals surface area contributed by atoms with Crippen molar-refractivity contribution in [2.24, 2.45) is 0 Å². The molecule has 0 radical (unpaired) electrons. The Labute approximate surface area is 79.0 Å². The number of aromatic nitrogens is 1. The number of pyridine rings is 1. The summed E-state index contributed by atoms with van der Waals surface area (Å²) in [6, 6.07) is 1.76. The van der Waals surface area contributed by atoms with Gasteiger partial charge in [0.05, 0.1) is 0 Å². The Morgan fingerprint density at radius 3 is 3.00 bits per heavy atom. The van der Waals surface area contributed by atoms with Crippen molar-refractivity contribution in [2.45, 2.75) is 6.92 Å². The van der Waals surface area contributed by atoms with Crippen molar-refractivity contribution >= 4 is 28.1 Å². The number of carbonyl (C=O) groups excluding carboxylic acids is 1. The summed E-state index contributed by atoms with van der Waals surface area (Å²) in [6.45, 7) is 1.36. The van der Waals surface area contributed by atoms with Crippen molar-refractivity contribution in [3.63, 3.8) is 0 Å². The van der Waals surface area contributed by atoms with Gasteiger partial charge in [-0.25, -0.2) is 4.98 Å². The molecule has 0 aliphatic heterocycles. The van der Waals surface area contributed by atoms with Crippen molar-refractivity contribution in [2.75, 3.05) is 0 Å². The van der Waals surface area contributed by atoms with Gasteiger partial charge in [-0.3, -0.25) is 4.79 Å². The van der Waals surface area contributed by atoms with Crippen LogP contribution in [0.2, 0.25) is 0 Å². The zero-order chi connectivity index (χ0) is 9.26. The van der Waals surface area contributed by atoms with Crippen LogP contribution in [0.3, 0.4) is 0 Å². The Kier molecular flexibility index (Phi) is 1.98. The Bertz CT molecular complexity index is 450. The maximum Gasteiger partial charge on any atom is 0.309 e. The normalized spacial score (nSPS) is 10.2. The molecule has 2 aromatic heterocycles. The highest BCUT2D eigenvalue weighted by Crippen LogP contribution is 2.21. The number of hydrogen-bond acceptors (Lipinski definition) is 4. The molecular formula is C9H7NO2S. The smallest absolute Gasteiger partial charge is 0.309 e. The lowest BCUT2D eigenvalue weighted by Crippen LogP contribution is -2.02. The van der Waals surface area contributed by atoms with Gasteiger partial charge in [-0.2, -0.15) is 11.3 Å². The minimum atomic E-state index is -0.345. The summed E-state index contributed by atoms with van der Waals surface area (Å²) in [7, 11) is 0. The van der Waals surface area contributed by atoms with E-state index in [-0.39, 0.29) is 5.97 Å². The first-order chi connectivity index (χ1) is 6.25. The van der Waals surface area contributed by atoms with Crippen molar-refractivity contribution in [1.29, 1.82) is 0 Å². The van der Waals surface area contributed by atoms with Gasteiger partial charge in [0.1, 0.15) is 0 Å². The van der Waals surface area contributed by atoms with Crippen LogP contribution < -0.4 is 4.74 Å². The third-order valence-corrected chi connectivity index (χ3v) is 2.36. The maximum absolute atomic E-state index is 10.6. The molecule has 0 unspecified atom stereocenters. The van der Waals surface area contributed by atoms with Gasteiger partial charge < -0.3 is 4.74 Å². The van der Waals surface area contributed by atoms with E-state index in [4.69, 9.17) is 4.74 Å². The minimum Gasteiger partial charge on any atom is -0.408 e. The number of carbonyl (C=O) groups is 1. The second-order valence-electron chi connectivity index (χ2n) is 2.62. The predicted octanol–water partition coefficient (Wildman–Crippen LogP) is 2.22. The zero-order valence-electron chi connectivity index (χ0n) is 6.98. The van der Waals surface area contributed by atoms with Crippen LogP contribution in [0.15, 0.2) is 23.0 Å². The number of thiophene rings is 1. The van der Waals surface area contributed by atoms with E-state index in [1.54, 1.807) is 23.6 Å². The summed E-state index contributed by atoms with van der Waals surface area (Å²) in [5.41, 5.74) is 0. The third-order valence-electron chi connectivity index (χ3n) is 1.58. The fraction of sp³-hybridized carbons (Fsp3) is 0.111. The van der Waals surface area contributed by atoms with E-state index in [1.807, 2.05) is 10.8 Å². The molecule has 0 bridgehead atoms. The fourth-order valence-corrected chi connectivity index (χ4v) is 1.81. The zero-order valence-corrected chi connectivity index (χ0v) is 7.80. The van der Waals surface area contributed by atoms with Crippen molar-refractivity contribution < 1.29 is 9.53 Å². The molecule has 0 fully saturated rings. The summed E-state index contributed by atoms with van der Waals surface area (Å²) in [5, 5.41) is 6.11. The first-order valence-electron chi connectivity index (χ1n) is 3.76. The summed E-state index contributed by atoms with van der Waals surface area (Å²) in [5.74, 6) is 0.0143. The Morgan fingerprint density at radius 2 is 2.23 bits per heavy atom. The van der Waals surface area contributed by atoms with Crippen LogP contribution in [0.25, 0.3) is 10.8 Å². The lowest BCUT2D eigenvalue weighted by atomic mass is 10.3. The molecule has 66 valence electrons. The fourth-order valence-electron chi connectivity index (χ4n) is 1.05. The number of hydrogen-bond donors (Lipinski definition) is 0. The molecule has 2 heterocycles. The largest absolute Gasteiger partial charge is 0.408 e. The lowest BCUT2D eigenvalue weighted by molar-refractivity contribution is -0.132. The summed E-state index contributed by atoms with van der Waals surface area (Å²) in [6.07, 6.45) is 1.70. The highest BCUT2D eigenvalue weighted by Gasteiger charge is 2.01. The maximum atomic E-state index is 10.6. The van der Waals surface area contributed by atoms with E-state index < -0.39 is 0 Å². The van der Waals surface area contributed by atoms with Gasteiger partial charge >= 0.3 is 5.97 Å². The molecular weight excluding hydrogens is 186 g/mol. The van der Waals surface area contributed by atoms with Crippen LogP contribution in [0, 0.1) is 0 Å². The van der Waals surface area contributed by atoms with Crippen LogP contribution in [-0.2, 0) is 4.79 Å². The van der Waals surface area contributed by atoms with Gasteiger partial charge in [0.25, 0.3) is 0 Å². The second kappa shape index (κ2) is 3.14. The van der Waals surface area contributed by atoms with Crippen molar-refractivity contribution in [1.82, 2.24) is 4.98 Å². The summed E-state index contributed by atoms with van der Waals surface area (Å²) < 4.78 is 4.85. The Morgan fingerprint density at radius 1 is 1.46 bits per heavy atom. The lowest BCUT2D eigenvalue weighted by Gasteiger charge is -1.98. The molecule has 0 aliphatic carbocycles. The SMILES string of the molecule is CC(=O)Oc1cc2cscc2cn1. The van der Waals surface area contributed by atoms with Gasteiger partial charge in [-0.15, -0.1) is 0 Å². The standard InChI is InChI=1S/C9H7NO2S/c1-6(11)12-9-2-7-4-13-5-8(7)3-10-9/h2-5H,1H3. The molecule has 0 saturated carbocycles. The molecule has 13 heavy (non-hydrogen) atoms. The molecule has 0 spiro atoms. The average Bonchev–Trinajstić information content (AvgIpc) is 2.49. The molecule has 2 rings (SSSR count). The molecule has 0 atom stereocenters. The van der Waals surface area contributed by atoms with Crippen molar-refractivity contribution in [3.8, 4) is 5.88 Å². The monoisotopic (exact) mass is 193 g/mol. The number of esters is 1. The number of ether oxygens (including phenoxy) is 1. The highest BCUT2D eigenvalue weighted by molar-refractivity contribution is 7.09. The minimum absolute atomic E-state index is 0.345. The number of fused-ring (bicyclic) bond motifs is 1. The van der Waals surface area contributed by atoms with Gasteiger partial charge in [0, 0.05) is 30.0 Å². The van der Waals surface area contributed by atoms with Crippen LogP contribution in [0.4, 0.5) is 0 Å². The van der Waals surface area contributed by atoms with Crippen LogP contribution in [0.1, 0.15) is 6.92 Å². The quantitative estimate of drug-likeness (QED) is 0.652. The molecule has 4 heteroatoms. The average molecular weight is 193 g/mol. The third kappa shape index (κ3) is 1.67. The topological polar surface area (TPSA) is 39.2 Å². The van der Waals surface area contributed by atoms with E-state index in [9.17, 15) is 4.79 Å². The molecule has 0 aliphatic rings. The van der Waals surface area contributed by atoms with Crippen LogP contribution >= 0.6 is 11.3 Å². The van der Waals surface area contributed by atoms with E-state index in [2.05, 4.69) is 4.98 Å². The van der Waals surface area contributed by atoms with Gasteiger partial charge in [0.2, 0.25) is 5.88 Å². The second-order valence-corrected chi connectivity index (χ2v) is 3.36. The molecule has 2 aromatic rings. The predicted molar refractivity (Wildman–Crippen MR) is 50.9 cm³/mol. The van der Waals surface area contributed by atoms with Gasteiger partial charge in [-0.1, -0.05) is 0 Å². The Balaban J connectivity index is 2.42. The molecule has 0 saturated heterocycles. The van der Waals surface area contributed by atoms with Crippen LogP contribution in [-0.4, -0.2) is 11.0 Å². The van der Waals surface area contributed by atoms with Crippen LogP contribution in [0.5, 0.6) is 5.88 Å². The Hall–Kier alpha value is -1.42. The molecule has 0 N–H and O–H groups in total. The van der Waals surface area contributed by atoms with Gasteiger partial charge in [0.15, 0.2) is 0 Å². The number of nitrogens with zero attached hydrogens (tertiary/aromatic N) is 1. The summed E-state index contributed by atoms with van der Waals surface area (Å²) in [4.78, 5) is 14.6. The van der Waals surface area contributed by atoms with Gasteiger partial charge in [-0.05, 0) is 10.8 Å². The summed E-state index contributed by atoms with van der Waals surface area (Å²) >= 11 is 1.60. The van der Waals surface area contributed by atoms with E-state index in [0.29, 0.717) is 5.88 Å². The first-order valence-corrected chi connectivity index (χ1v) is 4.70. The molecule has 3 nitrogen and oxygen atoms in total. The molecule has 0 amide bonds. The highest BCUT2D eigenvalue weighted by atomic mass is 32.1. The number of rotatable bonds is 1. The van der Waals surface area contributed by atoms with E-state index in [1.165, 1.54) is 6.92 Å². The van der Waals surface area contributed by atoms with Crippen molar-refractivity contribution in [3.05, 3.63) is 23.0 Å². The first kappa shape index (κ1) is 8.19. The van der Waals surface area contributed by atoms with E-state index >= 15 is 0 Å². The molecule has 0 aromatic carbocycles.